The standard InChI is InChI=1S/C13H19N3O2S/c1-4-14-9(3)10-7-19-13(15-10)16-11(17)5-8(2)6-12(16)18/h7-9,14H,4-6H2,1-3H3. The van der Waals surface area contributed by atoms with Gasteiger partial charge in [-0.05, 0) is 19.4 Å². The van der Waals surface area contributed by atoms with Gasteiger partial charge in [0.2, 0.25) is 11.8 Å². The number of nitrogens with zero attached hydrogens (tertiary/aromatic N) is 2. The molecule has 1 aromatic heterocycles. The molecule has 5 nitrogen and oxygen atoms in total. The molecule has 2 amide bonds. The zero-order valence-electron chi connectivity index (χ0n) is 11.5. The summed E-state index contributed by atoms with van der Waals surface area (Å²) < 4.78 is 0. The van der Waals surface area contributed by atoms with E-state index in [2.05, 4.69) is 10.3 Å². The van der Waals surface area contributed by atoms with Crippen LogP contribution in [0.3, 0.4) is 0 Å². The largest absolute Gasteiger partial charge is 0.309 e. The molecular formula is C13H19N3O2S. The smallest absolute Gasteiger partial charge is 0.235 e. The van der Waals surface area contributed by atoms with E-state index in [4.69, 9.17) is 0 Å². The second-order valence-electron chi connectivity index (χ2n) is 4.97. The molecule has 1 unspecified atom stereocenters. The molecule has 1 fully saturated rings. The van der Waals surface area contributed by atoms with Gasteiger partial charge in [-0.1, -0.05) is 13.8 Å². The summed E-state index contributed by atoms with van der Waals surface area (Å²) in [6.45, 7) is 6.83. The highest BCUT2D eigenvalue weighted by atomic mass is 32.1. The summed E-state index contributed by atoms with van der Waals surface area (Å²) >= 11 is 1.35. The highest BCUT2D eigenvalue weighted by molar-refractivity contribution is 7.14. The van der Waals surface area contributed by atoms with Crippen LogP contribution < -0.4 is 10.2 Å². The van der Waals surface area contributed by atoms with E-state index < -0.39 is 0 Å². The Bertz CT molecular complexity index is 468. The van der Waals surface area contributed by atoms with Crippen LogP contribution in [-0.4, -0.2) is 23.3 Å². The monoisotopic (exact) mass is 281 g/mol. The fraction of sp³-hybridized carbons (Fsp3) is 0.615. The van der Waals surface area contributed by atoms with Gasteiger partial charge in [0.15, 0.2) is 5.13 Å². The molecule has 0 aliphatic carbocycles. The number of hydrogen-bond acceptors (Lipinski definition) is 5. The van der Waals surface area contributed by atoms with Crippen LogP contribution in [0.2, 0.25) is 0 Å². The van der Waals surface area contributed by atoms with Crippen molar-refractivity contribution in [1.29, 1.82) is 0 Å². The predicted octanol–water partition coefficient (Wildman–Crippen LogP) is 2.10. The highest BCUT2D eigenvalue weighted by Gasteiger charge is 2.33. The Morgan fingerprint density at radius 2 is 2.11 bits per heavy atom. The van der Waals surface area contributed by atoms with Crippen molar-refractivity contribution in [2.75, 3.05) is 11.4 Å². The van der Waals surface area contributed by atoms with Crippen LogP contribution in [0.1, 0.15) is 45.3 Å². The Kier molecular flexibility index (Phi) is 4.31. The van der Waals surface area contributed by atoms with Gasteiger partial charge >= 0.3 is 0 Å². The first-order chi connectivity index (χ1) is 9.02. The van der Waals surface area contributed by atoms with Crippen molar-refractivity contribution in [3.63, 3.8) is 0 Å². The summed E-state index contributed by atoms with van der Waals surface area (Å²) in [5, 5.41) is 5.67. The minimum absolute atomic E-state index is 0.129. The van der Waals surface area contributed by atoms with E-state index in [1.54, 1.807) is 0 Å². The van der Waals surface area contributed by atoms with Gasteiger partial charge in [0.05, 0.1) is 5.69 Å². The summed E-state index contributed by atoms with van der Waals surface area (Å²) in [6.07, 6.45) is 0.840. The summed E-state index contributed by atoms with van der Waals surface area (Å²) in [5.41, 5.74) is 0.876. The lowest BCUT2D eigenvalue weighted by Crippen LogP contribution is -2.42. The van der Waals surface area contributed by atoms with E-state index in [1.807, 2.05) is 26.2 Å². The molecule has 0 radical (unpaired) electrons. The molecule has 19 heavy (non-hydrogen) atoms. The number of carbonyl (C=O) groups excluding carboxylic acids is 2. The second-order valence-corrected chi connectivity index (χ2v) is 5.81. The average Bonchev–Trinajstić information content (AvgIpc) is 2.77. The van der Waals surface area contributed by atoms with Gasteiger partial charge in [-0.2, -0.15) is 0 Å². The van der Waals surface area contributed by atoms with E-state index in [0.29, 0.717) is 18.0 Å². The predicted molar refractivity (Wildman–Crippen MR) is 75.1 cm³/mol. The third kappa shape index (κ3) is 3.01. The topological polar surface area (TPSA) is 62.3 Å². The molecule has 0 spiro atoms. The van der Waals surface area contributed by atoms with Crippen LogP contribution in [0.15, 0.2) is 5.38 Å². The summed E-state index contributed by atoms with van der Waals surface area (Å²) in [4.78, 5) is 29.6. The number of aromatic nitrogens is 1. The van der Waals surface area contributed by atoms with Crippen LogP contribution in [0.25, 0.3) is 0 Å². The lowest BCUT2D eigenvalue weighted by atomic mass is 9.98. The minimum atomic E-state index is -0.138. The van der Waals surface area contributed by atoms with Gasteiger partial charge in [-0.25, -0.2) is 9.88 Å². The van der Waals surface area contributed by atoms with E-state index in [1.165, 1.54) is 16.2 Å². The van der Waals surface area contributed by atoms with Crippen LogP contribution in [-0.2, 0) is 9.59 Å². The van der Waals surface area contributed by atoms with Crippen LogP contribution in [0.4, 0.5) is 5.13 Å². The summed E-state index contributed by atoms with van der Waals surface area (Å²) in [6, 6.07) is 0.129. The third-order valence-electron chi connectivity index (χ3n) is 3.20. The zero-order valence-corrected chi connectivity index (χ0v) is 12.3. The first-order valence-electron chi connectivity index (χ1n) is 6.57. The number of thiazole rings is 1. The van der Waals surface area contributed by atoms with E-state index >= 15 is 0 Å². The maximum Gasteiger partial charge on any atom is 0.235 e. The molecule has 1 aliphatic rings. The molecule has 2 heterocycles. The Morgan fingerprint density at radius 3 is 2.68 bits per heavy atom. The Labute approximate surface area is 117 Å². The molecule has 2 rings (SSSR count). The van der Waals surface area contributed by atoms with Crippen molar-refractivity contribution in [3.8, 4) is 0 Å². The lowest BCUT2D eigenvalue weighted by Gasteiger charge is -2.26. The Morgan fingerprint density at radius 1 is 1.47 bits per heavy atom. The highest BCUT2D eigenvalue weighted by Crippen LogP contribution is 2.29. The molecule has 1 aliphatic heterocycles. The molecular weight excluding hydrogens is 262 g/mol. The fourth-order valence-corrected chi connectivity index (χ4v) is 3.14. The number of rotatable bonds is 4. The van der Waals surface area contributed by atoms with Crippen molar-refractivity contribution >= 4 is 28.3 Å². The minimum Gasteiger partial charge on any atom is -0.309 e. The van der Waals surface area contributed by atoms with Crippen molar-refractivity contribution in [3.05, 3.63) is 11.1 Å². The van der Waals surface area contributed by atoms with Crippen molar-refractivity contribution in [2.45, 2.75) is 39.7 Å². The SMILES string of the molecule is CCNC(C)c1csc(N2C(=O)CC(C)CC2=O)n1. The maximum absolute atomic E-state index is 12.0. The first-order valence-corrected chi connectivity index (χ1v) is 7.45. The summed E-state index contributed by atoms with van der Waals surface area (Å²) in [5.74, 6) is -0.141. The number of amides is 2. The zero-order chi connectivity index (χ0) is 14.0. The fourth-order valence-electron chi connectivity index (χ4n) is 2.19. The second kappa shape index (κ2) is 5.79. The molecule has 0 aromatic carbocycles. The number of hydrogen-bond donors (Lipinski definition) is 1. The summed E-state index contributed by atoms with van der Waals surface area (Å²) in [7, 11) is 0. The number of piperidine rings is 1. The number of carbonyl (C=O) groups is 2. The molecule has 1 saturated heterocycles. The van der Waals surface area contributed by atoms with E-state index in [0.717, 1.165) is 12.2 Å². The molecule has 6 heteroatoms. The van der Waals surface area contributed by atoms with Crippen LogP contribution in [0, 0.1) is 5.92 Å². The Hall–Kier alpha value is -1.27. The Balaban J connectivity index is 2.18. The van der Waals surface area contributed by atoms with Crippen molar-refractivity contribution in [2.24, 2.45) is 5.92 Å². The van der Waals surface area contributed by atoms with Gasteiger partial charge in [0.1, 0.15) is 0 Å². The molecule has 0 bridgehead atoms. The number of imide groups is 1. The molecule has 104 valence electrons. The quantitative estimate of drug-likeness (QED) is 0.859. The number of anilines is 1. The van der Waals surface area contributed by atoms with Gasteiger partial charge in [-0.15, -0.1) is 11.3 Å². The molecule has 1 atom stereocenters. The molecule has 1 N–H and O–H groups in total. The van der Waals surface area contributed by atoms with E-state index in [9.17, 15) is 9.59 Å². The normalized spacial score (nSPS) is 19.0. The van der Waals surface area contributed by atoms with Gasteiger partial charge in [0, 0.05) is 24.3 Å². The first kappa shape index (κ1) is 14.1. The third-order valence-corrected chi connectivity index (χ3v) is 4.04. The van der Waals surface area contributed by atoms with Gasteiger partial charge in [0.25, 0.3) is 0 Å². The van der Waals surface area contributed by atoms with Gasteiger partial charge < -0.3 is 5.32 Å². The maximum atomic E-state index is 12.0. The number of nitrogens with one attached hydrogen (secondary N) is 1. The van der Waals surface area contributed by atoms with Crippen LogP contribution in [0.5, 0.6) is 0 Å². The average molecular weight is 281 g/mol. The molecule has 1 aromatic rings. The van der Waals surface area contributed by atoms with E-state index in [-0.39, 0.29) is 23.8 Å². The lowest BCUT2D eigenvalue weighted by molar-refractivity contribution is -0.130. The molecule has 0 saturated carbocycles. The van der Waals surface area contributed by atoms with Crippen molar-refractivity contribution in [1.82, 2.24) is 10.3 Å². The van der Waals surface area contributed by atoms with Crippen LogP contribution >= 0.6 is 11.3 Å². The van der Waals surface area contributed by atoms with Crippen molar-refractivity contribution < 1.29 is 9.59 Å². The van der Waals surface area contributed by atoms with Gasteiger partial charge in [-0.3, -0.25) is 9.59 Å².